The zero-order valence-electron chi connectivity index (χ0n) is 17.0. The largest absolute Gasteiger partial charge is 0.449 e. The summed E-state index contributed by atoms with van der Waals surface area (Å²) >= 11 is 0. The Hall–Kier alpha value is -2.82. The lowest BCUT2D eigenvalue weighted by atomic mass is 9.90. The second kappa shape index (κ2) is 8.68. The number of amides is 1. The number of fused-ring (bicyclic) bond motifs is 1. The van der Waals surface area contributed by atoms with Gasteiger partial charge in [-0.3, -0.25) is 4.79 Å². The number of carbonyl (C=O) groups excluding carboxylic acids is 2. The van der Waals surface area contributed by atoms with Crippen LogP contribution in [0.15, 0.2) is 48.5 Å². The molecule has 1 heterocycles. The molecular formula is C24H28N2O3. The fraction of sp³-hybridized carbons (Fsp3) is 0.417. The minimum atomic E-state index is -0.776. The van der Waals surface area contributed by atoms with Crippen LogP contribution in [0.2, 0.25) is 0 Å². The summed E-state index contributed by atoms with van der Waals surface area (Å²) in [5.74, 6) is -0.536. The Labute approximate surface area is 172 Å². The predicted octanol–water partition coefficient (Wildman–Crippen LogP) is 3.46. The van der Waals surface area contributed by atoms with Crippen molar-refractivity contribution in [2.24, 2.45) is 0 Å². The van der Waals surface area contributed by atoms with Crippen molar-refractivity contribution in [3.8, 4) is 0 Å². The van der Waals surface area contributed by atoms with Gasteiger partial charge in [-0.05, 0) is 68.0 Å². The molecule has 5 heteroatoms. The van der Waals surface area contributed by atoms with E-state index in [9.17, 15) is 9.59 Å². The summed E-state index contributed by atoms with van der Waals surface area (Å²) in [5, 5.41) is 0. The number of piperazine rings is 1. The minimum Gasteiger partial charge on any atom is -0.449 e. The Morgan fingerprint density at radius 1 is 0.897 bits per heavy atom. The number of hydrogen-bond acceptors (Lipinski definition) is 4. The van der Waals surface area contributed by atoms with Gasteiger partial charge in [-0.15, -0.1) is 0 Å². The van der Waals surface area contributed by atoms with Crippen LogP contribution in [-0.4, -0.2) is 49.1 Å². The first-order valence-corrected chi connectivity index (χ1v) is 10.5. The molecule has 2 aliphatic rings. The number of aryl methyl sites for hydroxylation is 2. The highest BCUT2D eigenvalue weighted by Gasteiger charge is 2.27. The Morgan fingerprint density at radius 2 is 1.59 bits per heavy atom. The van der Waals surface area contributed by atoms with Crippen LogP contribution in [0.25, 0.3) is 0 Å². The molecule has 0 aromatic heterocycles. The fourth-order valence-corrected chi connectivity index (χ4v) is 4.22. The molecule has 1 saturated heterocycles. The molecule has 1 amide bonds. The molecule has 1 aliphatic heterocycles. The van der Waals surface area contributed by atoms with Crippen molar-refractivity contribution in [1.82, 2.24) is 4.90 Å². The van der Waals surface area contributed by atoms with E-state index in [1.807, 2.05) is 36.4 Å². The number of esters is 1. The summed E-state index contributed by atoms with van der Waals surface area (Å²) < 4.78 is 5.51. The SMILES string of the molecule is C[C@@H](OC(=O)c1ccc2c(c1)CCCC2)C(=O)N1CCN(c2ccccc2)CC1. The second-order valence-electron chi connectivity index (χ2n) is 7.89. The van der Waals surface area contributed by atoms with E-state index >= 15 is 0 Å². The van der Waals surface area contributed by atoms with Crippen molar-refractivity contribution >= 4 is 17.6 Å². The van der Waals surface area contributed by atoms with Crippen molar-refractivity contribution in [3.63, 3.8) is 0 Å². The summed E-state index contributed by atoms with van der Waals surface area (Å²) in [4.78, 5) is 29.4. The Morgan fingerprint density at radius 3 is 2.31 bits per heavy atom. The number of para-hydroxylation sites is 1. The van der Waals surface area contributed by atoms with E-state index in [2.05, 4.69) is 17.0 Å². The van der Waals surface area contributed by atoms with E-state index in [4.69, 9.17) is 4.74 Å². The first-order chi connectivity index (χ1) is 14.1. The number of hydrogen-bond donors (Lipinski definition) is 0. The second-order valence-corrected chi connectivity index (χ2v) is 7.89. The zero-order chi connectivity index (χ0) is 20.2. The summed E-state index contributed by atoms with van der Waals surface area (Å²) in [6.45, 7) is 4.49. The van der Waals surface area contributed by atoms with Gasteiger partial charge in [0.1, 0.15) is 0 Å². The number of benzene rings is 2. The maximum absolute atomic E-state index is 12.8. The van der Waals surface area contributed by atoms with Gasteiger partial charge in [0.05, 0.1) is 5.56 Å². The molecule has 0 unspecified atom stereocenters. The highest BCUT2D eigenvalue weighted by atomic mass is 16.5. The van der Waals surface area contributed by atoms with E-state index in [1.165, 1.54) is 23.2 Å². The molecule has 2 aromatic rings. The molecule has 0 spiro atoms. The lowest BCUT2D eigenvalue weighted by Gasteiger charge is -2.37. The van der Waals surface area contributed by atoms with Crippen molar-refractivity contribution in [3.05, 3.63) is 65.2 Å². The molecule has 1 fully saturated rings. The van der Waals surface area contributed by atoms with Crippen LogP contribution in [0.4, 0.5) is 5.69 Å². The average Bonchev–Trinajstić information content (AvgIpc) is 2.79. The van der Waals surface area contributed by atoms with Gasteiger partial charge in [-0.2, -0.15) is 0 Å². The minimum absolute atomic E-state index is 0.121. The Balaban J connectivity index is 1.32. The van der Waals surface area contributed by atoms with E-state index in [0.717, 1.165) is 32.4 Å². The normalized spacial score (nSPS) is 17.4. The highest BCUT2D eigenvalue weighted by Crippen LogP contribution is 2.23. The van der Waals surface area contributed by atoms with E-state index < -0.39 is 12.1 Å². The van der Waals surface area contributed by atoms with Gasteiger partial charge in [0.25, 0.3) is 5.91 Å². The lowest BCUT2D eigenvalue weighted by molar-refractivity contribution is -0.140. The van der Waals surface area contributed by atoms with Gasteiger partial charge < -0.3 is 14.5 Å². The summed E-state index contributed by atoms with van der Waals surface area (Å²) in [7, 11) is 0. The van der Waals surface area contributed by atoms with Crippen LogP contribution in [0.5, 0.6) is 0 Å². The predicted molar refractivity (Wildman–Crippen MR) is 113 cm³/mol. The van der Waals surface area contributed by atoms with Crippen molar-refractivity contribution in [2.45, 2.75) is 38.7 Å². The molecule has 29 heavy (non-hydrogen) atoms. The van der Waals surface area contributed by atoms with Crippen LogP contribution >= 0.6 is 0 Å². The quantitative estimate of drug-likeness (QED) is 0.748. The van der Waals surface area contributed by atoms with Crippen LogP contribution in [0, 0.1) is 0 Å². The summed E-state index contributed by atoms with van der Waals surface area (Å²) in [6, 6.07) is 16.0. The standard InChI is InChI=1S/C24H28N2O3/c1-18(29-24(28)21-12-11-19-7-5-6-8-20(19)17-21)23(27)26-15-13-25(14-16-26)22-9-3-2-4-10-22/h2-4,9-12,17-18H,5-8,13-16H2,1H3/t18-/m1/s1. The molecule has 0 saturated carbocycles. The third-order valence-corrected chi connectivity index (χ3v) is 5.93. The zero-order valence-corrected chi connectivity index (χ0v) is 17.0. The van der Waals surface area contributed by atoms with Crippen LogP contribution < -0.4 is 4.90 Å². The molecule has 0 radical (unpaired) electrons. The van der Waals surface area contributed by atoms with Crippen molar-refractivity contribution in [2.75, 3.05) is 31.1 Å². The molecule has 2 aromatic carbocycles. The smallest absolute Gasteiger partial charge is 0.338 e. The topological polar surface area (TPSA) is 49.9 Å². The summed E-state index contributed by atoms with van der Waals surface area (Å²) in [5.41, 5.74) is 4.28. The van der Waals surface area contributed by atoms with Gasteiger partial charge in [-0.25, -0.2) is 4.79 Å². The number of anilines is 1. The van der Waals surface area contributed by atoms with Crippen molar-refractivity contribution < 1.29 is 14.3 Å². The molecule has 0 N–H and O–H groups in total. The molecular weight excluding hydrogens is 364 g/mol. The monoisotopic (exact) mass is 392 g/mol. The first-order valence-electron chi connectivity index (χ1n) is 10.5. The molecule has 152 valence electrons. The highest BCUT2D eigenvalue weighted by molar-refractivity contribution is 5.92. The van der Waals surface area contributed by atoms with Gasteiger partial charge >= 0.3 is 5.97 Å². The lowest BCUT2D eigenvalue weighted by Crippen LogP contribution is -2.51. The maximum Gasteiger partial charge on any atom is 0.338 e. The van der Waals surface area contributed by atoms with Gasteiger partial charge in [0.15, 0.2) is 6.10 Å². The van der Waals surface area contributed by atoms with E-state index in [1.54, 1.807) is 11.8 Å². The van der Waals surface area contributed by atoms with Crippen LogP contribution in [-0.2, 0) is 22.4 Å². The van der Waals surface area contributed by atoms with Crippen molar-refractivity contribution in [1.29, 1.82) is 0 Å². The Kier molecular flexibility index (Phi) is 5.84. The Bertz CT molecular complexity index is 873. The van der Waals surface area contributed by atoms with Gasteiger partial charge in [0.2, 0.25) is 0 Å². The third-order valence-electron chi connectivity index (χ3n) is 5.93. The van der Waals surface area contributed by atoms with E-state index in [-0.39, 0.29) is 5.91 Å². The fourth-order valence-electron chi connectivity index (χ4n) is 4.22. The van der Waals surface area contributed by atoms with Crippen LogP contribution in [0.1, 0.15) is 41.3 Å². The van der Waals surface area contributed by atoms with Crippen LogP contribution in [0.3, 0.4) is 0 Å². The van der Waals surface area contributed by atoms with Gasteiger partial charge in [0, 0.05) is 31.9 Å². The third kappa shape index (κ3) is 4.44. The average molecular weight is 392 g/mol. The number of ether oxygens (including phenoxy) is 1. The maximum atomic E-state index is 12.8. The molecule has 1 aliphatic carbocycles. The first kappa shape index (κ1) is 19.5. The van der Waals surface area contributed by atoms with Gasteiger partial charge in [-0.1, -0.05) is 24.3 Å². The molecule has 1 atom stereocenters. The number of nitrogens with zero attached hydrogens (tertiary/aromatic N) is 2. The van der Waals surface area contributed by atoms with E-state index in [0.29, 0.717) is 18.7 Å². The number of carbonyl (C=O) groups is 2. The molecule has 4 rings (SSSR count). The summed E-state index contributed by atoms with van der Waals surface area (Å²) in [6.07, 6.45) is 3.68. The molecule has 5 nitrogen and oxygen atoms in total. The number of rotatable bonds is 4. The molecule has 0 bridgehead atoms.